The smallest absolute Gasteiger partial charge is 0.302 e. The Hall–Kier alpha value is 0.540. The fraction of sp³-hybridized carbons (Fsp3) is 1.00. The summed E-state index contributed by atoms with van der Waals surface area (Å²) in [4.78, 5) is 9.66. The van der Waals surface area contributed by atoms with E-state index in [0.717, 1.165) is 19.0 Å². The number of hydrogen-bond acceptors (Lipinski definition) is 3. The first kappa shape index (κ1) is 29.5. The second-order valence-electron chi connectivity index (χ2n) is 9.45. The summed E-state index contributed by atoms with van der Waals surface area (Å²) in [5.41, 5.74) is 0. The van der Waals surface area contributed by atoms with Crippen LogP contribution >= 0.6 is 15.1 Å². The Morgan fingerprint density at radius 3 is 1.34 bits per heavy atom. The van der Waals surface area contributed by atoms with Gasteiger partial charge in [0.2, 0.25) is 0 Å². The van der Waals surface area contributed by atoms with E-state index >= 15 is 0 Å². The molecular weight excluding hydrogens is 402 g/mol. The van der Waals surface area contributed by atoms with E-state index in [4.69, 9.17) is 9.05 Å². The minimum absolute atomic E-state index is 0.310. The molecule has 0 saturated heterocycles. The SMILES string of the molecule is CCCCCCCCCCCCCCCCCCOP(=O)(O)OCC[P+](C)(C)C. The lowest BCUT2D eigenvalue weighted by Crippen LogP contribution is -2.04. The van der Waals surface area contributed by atoms with Gasteiger partial charge in [-0.1, -0.05) is 103 Å². The third kappa shape index (κ3) is 24.7. The van der Waals surface area contributed by atoms with Crippen LogP contribution in [-0.2, 0) is 13.6 Å². The zero-order valence-electron chi connectivity index (χ0n) is 20.0. The minimum atomic E-state index is -3.85. The Morgan fingerprint density at radius 2 is 0.966 bits per heavy atom. The number of hydrogen-bond donors (Lipinski definition) is 1. The molecule has 0 aromatic heterocycles. The van der Waals surface area contributed by atoms with Crippen LogP contribution in [0.3, 0.4) is 0 Å². The highest BCUT2D eigenvalue weighted by Crippen LogP contribution is 2.49. The van der Waals surface area contributed by atoms with Crippen molar-refractivity contribution >= 4 is 15.1 Å². The maximum atomic E-state index is 11.8. The lowest BCUT2D eigenvalue weighted by atomic mass is 10.0. The number of unbranched alkanes of at least 4 members (excludes halogenated alkanes) is 15. The fourth-order valence-electron chi connectivity index (χ4n) is 3.30. The second-order valence-corrected chi connectivity index (χ2v) is 15.9. The second kappa shape index (κ2) is 19.2. The van der Waals surface area contributed by atoms with Crippen LogP contribution in [0.5, 0.6) is 0 Å². The summed E-state index contributed by atoms with van der Waals surface area (Å²) in [5, 5.41) is 0. The van der Waals surface area contributed by atoms with Crippen LogP contribution in [0.25, 0.3) is 0 Å². The number of phosphoric acid groups is 1. The summed E-state index contributed by atoms with van der Waals surface area (Å²) in [6.45, 7) is 9.47. The van der Waals surface area contributed by atoms with E-state index in [1.165, 1.54) is 89.9 Å². The van der Waals surface area contributed by atoms with Crippen LogP contribution in [0.15, 0.2) is 0 Å². The van der Waals surface area contributed by atoms with E-state index < -0.39 is 15.1 Å². The molecule has 1 N–H and O–H groups in total. The van der Waals surface area contributed by atoms with Crippen molar-refractivity contribution in [3.8, 4) is 0 Å². The van der Waals surface area contributed by atoms with Gasteiger partial charge in [-0.3, -0.25) is 9.05 Å². The van der Waals surface area contributed by atoms with Gasteiger partial charge in [-0.05, 0) is 6.42 Å². The van der Waals surface area contributed by atoms with Crippen molar-refractivity contribution in [2.75, 3.05) is 39.4 Å². The predicted molar refractivity (Wildman–Crippen MR) is 131 cm³/mol. The van der Waals surface area contributed by atoms with Gasteiger partial charge < -0.3 is 4.89 Å². The molecule has 29 heavy (non-hydrogen) atoms. The zero-order chi connectivity index (χ0) is 21.8. The highest BCUT2D eigenvalue weighted by Gasteiger charge is 2.24. The molecule has 6 heteroatoms. The topological polar surface area (TPSA) is 55.8 Å². The number of rotatable bonds is 22. The highest BCUT2D eigenvalue weighted by atomic mass is 31.2. The Morgan fingerprint density at radius 1 is 0.621 bits per heavy atom. The summed E-state index contributed by atoms with van der Waals surface area (Å²) in [5.74, 6) is 0. The first-order chi connectivity index (χ1) is 13.8. The predicted octanol–water partition coefficient (Wildman–Crippen LogP) is 8.29. The maximum absolute atomic E-state index is 11.8. The fourth-order valence-corrected chi connectivity index (χ4v) is 4.84. The van der Waals surface area contributed by atoms with Crippen molar-refractivity contribution in [3.63, 3.8) is 0 Å². The van der Waals surface area contributed by atoms with E-state index in [2.05, 4.69) is 26.9 Å². The molecule has 0 bridgehead atoms. The number of phosphoric ester groups is 1. The quantitative estimate of drug-likeness (QED) is 0.132. The summed E-state index contributed by atoms with van der Waals surface area (Å²) >= 11 is 0. The van der Waals surface area contributed by atoms with Crippen molar-refractivity contribution in [1.29, 1.82) is 0 Å². The van der Waals surface area contributed by atoms with Gasteiger partial charge in [-0.2, -0.15) is 0 Å². The lowest BCUT2D eigenvalue weighted by molar-refractivity contribution is 0.153. The molecule has 0 spiro atoms. The van der Waals surface area contributed by atoms with Crippen molar-refractivity contribution in [2.24, 2.45) is 0 Å². The van der Waals surface area contributed by atoms with E-state index in [-0.39, 0.29) is 0 Å². The van der Waals surface area contributed by atoms with Gasteiger partial charge in [0, 0.05) is 27.3 Å². The Labute approximate surface area is 182 Å². The van der Waals surface area contributed by atoms with Crippen molar-refractivity contribution in [1.82, 2.24) is 0 Å². The zero-order valence-corrected chi connectivity index (χ0v) is 21.8. The molecule has 0 amide bonds. The monoisotopic (exact) mass is 453 g/mol. The summed E-state index contributed by atoms with van der Waals surface area (Å²) in [6.07, 6.45) is 21.9. The maximum Gasteiger partial charge on any atom is 0.472 e. The summed E-state index contributed by atoms with van der Waals surface area (Å²) in [7, 11) is -4.83. The van der Waals surface area contributed by atoms with Crippen LogP contribution in [0, 0.1) is 0 Å². The van der Waals surface area contributed by atoms with Crippen molar-refractivity contribution < 1.29 is 18.5 Å². The molecule has 1 atom stereocenters. The van der Waals surface area contributed by atoms with Crippen LogP contribution in [-0.4, -0.2) is 44.3 Å². The highest BCUT2D eigenvalue weighted by molar-refractivity contribution is 7.73. The van der Waals surface area contributed by atoms with E-state index in [1.807, 2.05) is 0 Å². The van der Waals surface area contributed by atoms with Gasteiger partial charge in [0.05, 0.1) is 19.4 Å². The molecule has 4 nitrogen and oxygen atoms in total. The molecule has 1 unspecified atom stereocenters. The molecule has 176 valence electrons. The molecule has 0 aromatic carbocycles. The minimum Gasteiger partial charge on any atom is -0.302 e. The van der Waals surface area contributed by atoms with Crippen LogP contribution in [0.4, 0.5) is 0 Å². The van der Waals surface area contributed by atoms with Crippen LogP contribution in [0.1, 0.15) is 110 Å². The lowest BCUT2D eigenvalue weighted by Gasteiger charge is -2.15. The third-order valence-corrected chi connectivity index (χ3v) is 7.81. The van der Waals surface area contributed by atoms with Gasteiger partial charge in [-0.15, -0.1) is 0 Å². The first-order valence-corrected chi connectivity index (χ1v) is 17.0. The van der Waals surface area contributed by atoms with Gasteiger partial charge in [0.15, 0.2) is 0 Å². The Balaban J connectivity index is 3.28. The average molecular weight is 454 g/mol. The van der Waals surface area contributed by atoms with Gasteiger partial charge in [0.1, 0.15) is 0 Å². The molecule has 0 aliphatic heterocycles. The van der Waals surface area contributed by atoms with Gasteiger partial charge in [-0.25, -0.2) is 4.57 Å². The van der Waals surface area contributed by atoms with Crippen molar-refractivity contribution in [2.45, 2.75) is 110 Å². The van der Waals surface area contributed by atoms with Gasteiger partial charge >= 0.3 is 7.82 Å². The Bertz CT molecular complexity index is 397. The molecule has 0 aromatic rings. The molecule has 0 saturated carbocycles. The third-order valence-electron chi connectivity index (χ3n) is 5.27. The van der Waals surface area contributed by atoms with Crippen LogP contribution in [0.2, 0.25) is 0 Å². The van der Waals surface area contributed by atoms with Crippen molar-refractivity contribution in [3.05, 3.63) is 0 Å². The average Bonchev–Trinajstić information content (AvgIpc) is 2.63. The van der Waals surface area contributed by atoms with Gasteiger partial charge in [0.25, 0.3) is 0 Å². The summed E-state index contributed by atoms with van der Waals surface area (Å²) < 4.78 is 21.9. The molecule has 0 fully saturated rings. The summed E-state index contributed by atoms with van der Waals surface area (Å²) in [6, 6.07) is 0. The molecular formula is C23H51O4P2+. The largest absolute Gasteiger partial charge is 0.472 e. The Kier molecular flexibility index (Phi) is 19.6. The van der Waals surface area contributed by atoms with E-state index in [0.29, 0.717) is 13.2 Å². The molecule has 0 aliphatic carbocycles. The van der Waals surface area contributed by atoms with Crippen LogP contribution < -0.4 is 0 Å². The normalized spacial score (nSPS) is 14.2. The molecule has 0 radical (unpaired) electrons. The molecule has 0 rings (SSSR count). The molecule has 0 aliphatic rings. The standard InChI is InChI=1S/C23H50O4P2/c1-5-6-7-8-9-10-11-12-13-14-15-16-17-18-19-20-21-26-29(24,25)27-22-23-28(2,3)4/h5-23H2,1-4H3/p+1. The van der Waals surface area contributed by atoms with E-state index in [9.17, 15) is 9.46 Å². The first-order valence-electron chi connectivity index (χ1n) is 12.2. The van der Waals surface area contributed by atoms with E-state index in [1.54, 1.807) is 0 Å². The molecule has 0 heterocycles.